The van der Waals surface area contributed by atoms with E-state index in [1.54, 1.807) is 0 Å². The summed E-state index contributed by atoms with van der Waals surface area (Å²) in [5.41, 5.74) is -3.83. The first-order chi connectivity index (χ1) is 9.15. The highest BCUT2D eigenvalue weighted by molar-refractivity contribution is 5.91. The minimum absolute atomic E-state index is 0.205. The Morgan fingerprint density at radius 3 is 2.45 bits per heavy atom. The van der Waals surface area contributed by atoms with Crippen LogP contribution >= 0.6 is 0 Å². The molecule has 0 aliphatic rings. The molecule has 112 valence electrons. The quantitative estimate of drug-likeness (QED) is 0.685. The summed E-state index contributed by atoms with van der Waals surface area (Å²) in [6.07, 6.45) is -8.51. The molecule has 0 amide bonds. The second kappa shape index (κ2) is 5.88. The predicted molar refractivity (Wildman–Crippen MR) is 54.7 cm³/mol. The van der Waals surface area contributed by atoms with Crippen LogP contribution in [0.2, 0.25) is 0 Å². The number of aromatic amines is 1. The van der Waals surface area contributed by atoms with Gasteiger partial charge < -0.3 is 9.47 Å². The molecule has 0 saturated heterocycles. The van der Waals surface area contributed by atoms with E-state index in [1.165, 1.54) is 11.9 Å². The van der Waals surface area contributed by atoms with Gasteiger partial charge in [0.1, 0.15) is 0 Å². The number of esters is 1. The van der Waals surface area contributed by atoms with Crippen LogP contribution in [0, 0.1) is 0 Å². The molecule has 0 aromatic carbocycles. The van der Waals surface area contributed by atoms with Crippen LogP contribution in [0.4, 0.5) is 22.0 Å². The lowest BCUT2D eigenvalue weighted by Crippen LogP contribution is -2.24. The van der Waals surface area contributed by atoms with Gasteiger partial charge in [-0.2, -0.15) is 0 Å². The van der Waals surface area contributed by atoms with Crippen LogP contribution in [0.5, 0.6) is 5.88 Å². The number of ether oxygens (including phenoxy) is 2. The van der Waals surface area contributed by atoms with Crippen molar-refractivity contribution in [2.75, 3.05) is 6.61 Å². The van der Waals surface area contributed by atoms with Crippen molar-refractivity contribution in [2.24, 2.45) is 0 Å². The third kappa shape index (κ3) is 3.93. The van der Waals surface area contributed by atoms with E-state index in [9.17, 15) is 31.5 Å². The Bertz CT molecular complexity index is 552. The Hall–Kier alpha value is -2.13. The molecular weight excluding hydrogens is 293 g/mol. The normalized spacial score (nSPS) is 11.6. The van der Waals surface area contributed by atoms with Crippen molar-refractivity contribution in [3.05, 3.63) is 27.5 Å². The molecule has 0 spiro atoms. The van der Waals surface area contributed by atoms with Crippen molar-refractivity contribution in [2.45, 2.75) is 19.7 Å². The van der Waals surface area contributed by atoms with Gasteiger partial charge in [-0.1, -0.05) is 0 Å². The van der Waals surface area contributed by atoms with Crippen molar-refractivity contribution in [3.8, 4) is 5.88 Å². The zero-order valence-corrected chi connectivity index (χ0v) is 9.88. The van der Waals surface area contributed by atoms with Crippen molar-refractivity contribution >= 4 is 5.97 Å². The topological polar surface area (TPSA) is 68.4 Å². The van der Waals surface area contributed by atoms with Gasteiger partial charge in [0.05, 0.1) is 17.7 Å². The van der Waals surface area contributed by atoms with E-state index in [0.717, 1.165) is 0 Å². The molecule has 1 N–H and O–H groups in total. The largest absolute Gasteiger partial charge is 0.574 e. The number of aromatic nitrogens is 1. The SMILES string of the molecule is CCOC(=O)c1cc(OC(F)(F)F)[nH]c(=O)c1C(F)F. The predicted octanol–water partition coefficient (Wildman–Crippen LogP) is 2.39. The maximum Gasteiger partial charge on any atom is 0.574 e. The van der Waals surface area contributed by atoms with E-state index >= 15 is 0 Å². The van der Waals surface area contributed by atoms with Crippen LogP contribution in [0.1, 0.15) is 29.3 Å². The zero-order chi connectivity index (χ0) is 15.5. The Morgan fingerprint density at radius 2 is 2.00 bits per heavy atom. The standard InChI is InChI=1S/C10H8F5NO4/c1-2-19-9(18)4-3-5(20-10(13,14)15)16-8(17)6(4)7(11)12/h3,7H,2H2,1H3,(H,16,17). The molecule has 0 saturated carbocycles. The number of pyridine rings is 1. The van der Waals surface area contributed by atoms with Gasteiger partial charge in [0.25, 0.3) is 12.0 Å². The van der Waals surface area contributed by atoms with Crippen molar-refractivity contribution in [1.29, 1.82) is 0 Å². The Labute approximate surface area is 108 Å². The summed E-state index contributed by atoms with van der Waals surface area (Å²) in [5, 5.41) is 0. The average molecular weight is 301 g/mol. The summed E-state index contributed by atoms with van der Waals surface area (Å²) in [4.78, 5) is 24.2. The van der Waals surface area contributed by atoms with Gasteiger partial charge >= 0.3 is 12.3 Å². The Kier molecular flexibility index (Phi) is 4.69. The van der Waals surface area contributed by atoms with Crippen LogP contribution < -0.4 is 10.3 Å². The maximum absolute atomic E-state index is 12.7. The summed E-state index contributed by atoms with van der Waals surface area (Å²) in [6.45, 7) is 1.16. The van der Waals surface area contributed by atoms with Crippen LogP contribution in [0.25, 0.3) is 0 Å². The third-order valence-electron chi connectivity index (χ3n) is 1.99. The molecule has 20 heavy (non-hydrogen) atoms. The summed E-state index contributed by atoms with van der Waals surface area (Å²) < 4.78 is 69.1. The van der Waals surface area contributed by atoms with E-state index < -0.39 is 41.3 Å². The van der Waals surface area contributed by atoms with Crippen molar-refractivity contribution in [1.82, 2.24) is 4.98 Å². The molecule has 1 heterocycles. The lowest BCUT2D eigenvalue weighted by Gasteiger charge is -2.12. The molecule has 0 unspecified atom stereocenters. The first-order valence-corrected chi connectivity index (χ1v) is 5.14. The van der Waals surface area contributed by atoms with Gasteiger partial charge in [-0.3, -0.25) is 9.78 Å². The minimum Gasteiger partial charge on any atom is -0.462 e. The van der Waals surface area contributed by atoms with Gasteiger partial charge in [-0.05, 0) is 6.92 Å². The van der Waals surface area contributed by atoms with Crippen LogP contribution in [-0.2, 0) is 4.74 Å². The number of H-pyrrole nitrogens is 1. The summed E-state index contributed by atoms with van der Waals surface area (Å²) in [7, 11) is 0. The van der Waals surface area contributed by atoms with Gasteiger partial charge in [0, 0.05) is 6.07 Å². The second-order valence-electron chi connectivity index (χ2n) is 3.36. The van der Waals surface area contributed by atoms with E-state index in [0.29, 0.717) is 6.07 Å². The van der Waals surface area contributed by atoms with E-state index in [2.05, 4.69) is 9.47 Å². The highest BCUT2D eigenvalue weighted by atomic mass is 19.4. The van der Waals surface area contributed by atoms with E-state index in [4.69, 9.17) is 0 Å². The van der Waals surface area contributed by atoms with E-state index in [-0.39, 0.29) is 6.61 Å². The summed E-state index contributed by atoms with van der Waals surface area (Å²) in [5.74, 6) is -2.53. The molecule has 0 aliphatic carbocycles. The van der Waals surface area contributed by atoms with Gasteiger partial charge in [-0.25, -0.2) is 13.6 Å². The number of alkyl halides is 5. The average Bonchev–Trinajstić information content (AvgIpc) is 2.25. The molecule has 0 atom stereocenters. The van der Waals surface area contributed by atoms with Crippen molar-refractivity contribution in [3.63, 3.8) is 0 Å². The molecule has 10 heteroatoms. The van der Waals surface area contributed by atoms with Gasteiger partial charge in [0.15, 0.2) is 0 Å². The number of carbonyl (C=O) groups is 1. The first kappa shape index (κ1) is 15.9. The smallest absolute Gasteiger partial charge is 0.462 e. The lowest BCUT2D eigenvalue weighted by molar-refractivity contribution is -0.276. The second-order valence-corrected chi connectivity index (χ2v) is 3.36. The van der Waals surface area contributed by atoms with Gasteiger partial charge in [0.2, 0.25) is 5.88 Å². The molecule has 1 aromatic heterocycles. The molecule has 0 radical (unpaired) electrons. The highest BCUT2D eigenvalue weighted by Crippen LogP contribution is 2.25. The number of hydrogen-bond acceptors (Lipinski definition) is 4. The van der Waals surface area contributed by atoms with Crippen LogP contribution in [0.3, 0.4) is 0 Å². The summed E-state index contributed by atoms with van der Waals surface area (Å²) >= 11 is 0. The Morgan fingerprint density at radius 1 is 1.40 bits per heavy atom. The van der Waals surface area contributed by atoms with Crippen molar-refractivity contribution < 1.29 is 36.2 Å². The van der Waals surface area contributed by atoms with E-state index in [1.807, 2.05) is 0 Å². The molecule has 1 aromatic rings. The number of carbonyl (C=O) groups excluding carboxylic acids is 1. The van der Waals surface area contributed by atoms with Crippen LogP contribution in [-0.4, -0.2) is 23.9 Å². The molecule has 0 fully saturated rings. The number of nitrogens with one attached hydrogen (secondary N) is 1. The summed E-state index contributed by atoms with van der Waals surface area (Å²) in [6, 6.07) is 0.342. The molecule has 0 bridgehead atoms. The van der Waals surface area contributed by atoms with Crippen LogP contribution in [0.15, 0.2) is 10.9 Å². The fraction of sp³-hybridized carbons (Fsp3) is 0.400. The number of rotatable bonds is 4. The molecule has 0 aliphatic heterocycles. The first-order valence-electron chi connectivity index (χ1n) is 5.14. The molecular formula is C10H8F5NO4. The van der Waals surface area contributed by atoms with Gasteiger partial charge in [-0.15, -0.1) is 13.2 Å². The highest BCUT2D eigenvalue weighted by Gasteiger charge is 2.33. The maximum atomic E-state index is 12.7. The Balaban J connectivity index is 3.36. The zero-order valence-electron chi connectivity index (χ0n) is 9.88. The minimum atomic E-state index is -5.15. The fourth-order valence-electron chi connectivity index (χ4n) is 1.32. The molecule has 5 nitrogen and oxygen atoms in total. The third-order valence-corrected chi connectivity index (χ3v) is 1.99. The number of hydrogen-bond donors (Lipinski definition) is 1. The lowest BCUT2D eigenvalue weighted by atomic mass is 10.1. The molecule has 1 rings (SSSR count). The number of halogens is 5. The monoisotopic (exact) mass is 301 g/mol. The fourth-order valence-corrected chi connectivity index (χ4v) is 1.32.